The van der Waals surface area contributed by atoms with E-state index in [0.717, 1.165) is 35.4 Å². The summed E-state index contributed by atoms with van der Waals surface area (Å²) in [5, 5.41) is 0. The average Bonchev–Trinajstić information content (AvgIpc) is 3.16. The minimum atomic E-state index is -4.55. The highest BCUT2D eigenvalue weighted by Crippen LogP contribution is 2.61. The van der Waals surface area contributed by atoms with E-state index in [2.05, 4.69) is 13.0 Å². The molecular formula is C24H23F3N2O2S. The zero-order valence-electron chi connectivity index (χ0n) is 18.2. The number of rotatable bonds is 1. The number of carbonyl (C=O) groups is 2. The third-order valence-corrected chi connectivity index (χ3v) is 8.09. The maximum absolute atomic E-state index is 14.1. The van der Waals surface area contributed by atoms with Crippen molar-refractivity contribution in [2.75, 3.05) is 15.6 Å². The Bertz CT molecular complexity index is 1180. The Morgan fingerprint density at radius 2 is 1.81 bits per heavy atom. The van der Waals surface area contributed by atoms with Gasteiger partial charge < -0.3 is 4.90 Å². The lowest BCUT2D eigenvalue weighted by atomic mass is 9.80. The number of nitrogens with zero attached hydrogens (tertiary/aromatic N) is 2. The van der Waals surface area contributed by atoms with Gasteiger partial charge in [-0.2, -0.15) is 13.2 Å². The van der Waals surface area contributed by atoms with Crippen LogP contribution in [0, 0.1) is 6.92 Å². The van der Waals surface area contributed by atoms with Gasteiger partial charge in [0.25, 0.3) is 5.91 Å². The predicted octanol–water partition coefficient (Wildman–Crippen LogP) is 5.58. The molecule has 8 heteroatoms. The fraction of sp³-hybridized carbons (Fsp3) is 0.417. The van der Waals surface area contributed by atoms with Gasteiger partial charge in [0.1, 0.15) is 0 Å². The van der Waals surface area contributed by atoms with Crippen LogP contribution in [0.2, 0.25) is 0 Å². The molecule has 0 unspecified atom stereocenters. The molecule has 32 heavy (non-hydrogen) atoms. The first-order valence-corrected chi connectivity index (χ1v) is 11.5. The Morgan fingerprint density at radius 3 is 2.50 bits per heavy atom. The zero-order chi connectivity index (χ0) is 23.2. The predicted molar refractivity (Wildman–Crippen MR) is 119 cm³/mol. The molecule has 4 nitrogen and oxygen atoms in total. The van der Waals surface area contributed by atoms with E-state index in [9.17, 15) is 22.8 Å². The van der Waals surface area contributed by atoms with Crippen LogP contribution < -0.4 is 9.80 Å². The van der Waals surface area contributed by atoms with Gasteiger partial charge in [-0.3, -0.25) is 14.5 Å². The molecular weight excluding hydrogens is 437 g/mol. The molecule has 0 N–H and O–H groups in total. The smallest absolute Gasteiger partial charge is 0.303 e. The molecule has 0 aromatic heterocycles. The van der Waals surface area contributed by atoms with E-state index < -0.39 is 22.1 Å². The van der Waals surface area contributed by atoms with E-state index in [4.69, 9.17) is 0 Å². The normalized spacial score (nSPS) is 26.3. The first kappa shape index (κ1) is 21.4. The van der Waals surface area contributed by atoms with Crippen molar-refractivity contribution in [3.05, 3.63) is 58.7 Å². The summed E-state index contributed by atoms with van der Waals surface area (Å²) in [4.78, 5) is 28.9. The van der Waals surface area contributed by atoms with Crippen LogP contribution in [-0.4, -0.2) is 23.1 Å². The number of carbonyl (C=O) groups excluding carboxylic acids is 2. The summed E-state index contributed by atoms with van der Waals surface area (Å²) >= 11 is 1.20. The quantitative estimate of drug-likeness (QED) is 0.558. The Morgan fingerprint density at radius 1 is 1.09 bits per heavy atom. The van der Waals surface area contributed by atoms with Gasteiger partial charge in [-0.05, 0) is 56.9 Å². The molecule has 0 saturated carbocycles. The molecule has 0 aliphatic carbocycles. The van der Waals surface area contributed by atoms with Crippen molar-refractivity contribution in [1.82, 2.24) is 0 Å². The lowest BCUT2D eigenvalue weighted by Gasteiger charge is -2.44. The van der Waals surface area contributed by atoms with Crippen LogP contribution in [0.3, 0.4) is 0 Å². The number of amides is 2. The molecule has 5 rings (SSSR count). The van der Waals surface area contributed by atoms with Crippen molar-refractivity contribution in [2.24, 2.45) is 0 Å². The van der Waals surface area contributed by atoms with Crippen molar-refractivity contribution in [1.29, 1.82) is 0 Å². The second-order valence-corrected chi connectivity index (χ2v) is 10.7. The summed E-state index contributed by atoms with van der Waals surface area (Å²) < 4.78 is 40.3. The molecule has 168 valence electrons. The van der Waals surface area contributed by atoms with Gasteiger partial charge in [-0.15, -0.1) is 11.8 Å². The summed E-state index contributed by atoms with van der Waals surface area (Å²) in [6.07, 6.45) is -3.79. The van der Waals surface area contributed by atoms with Crippen LogP contribution in [0.25, 0.3) is 0 Å². The minimum absolute atomic E-state index is 0.0223. The standard InChI is InChI=1S/C24H23F3N2O2S/c1-13-8-17-14(2)11-22(3,4)29-20(17)18(9-13)23(21(29)31)28(19(30)12-32-23)16-7-5-6-15(10-16)24(25,26)27/h5-10,14H,11-12H2,1-4H3/t14-,23-/m1/s1. The highest BCUT2D eigenvalue weighted by Gasteiger charge is 2.64. The summed E-state index contributed by atoms with van der Waals surface area (Å²) in [6.45, 7) is 8.08. The SMILES string of the molecule is Cc1cc2c3c(c1)[C@@]1(SCC(=O)N1c1cccc(C(F)(F)F)c1)C(=O)N3C(C)(C)C[C@H]2C. The van der Waals surface area contributed by atoms with Crippen molar-refractivity contribution >= 4 is 35.0 Å². The highest BCUT2D eigenvalue weighted by molar-refractivity contribution is 8.02. The molecule has 1 spiro atoms. The van der Waals surface area contributed by atoms with Crippen LogP contribution in [0.1, 0.15) is 55.4 Å². The number of benzene rings is 2. The Balaban J connectivity index is 1.78. The Kier molecular flexibility index (Phi) is 4.36. The molecule has 2 aromatic rings. The second kappa shape index (κ2) is 6.53. The van der Waals surface area contributed by atoms with Gasteiger partial charge in [0.15, 0.2) is 0 Å². The van der Waals surface area contributed by atoms with E-state index in [1.54, 1.807) is 4.90 Å². The van der Waals surface area contributed by atoms with Crippen LogP contribution >= 0.6 is 11.8 Å². The van der Waals surface area contributed by atoms with Crippen LogP contribution in [0.4, 0.5) is 24.5 Å². The van der Waals surface area contributed by atoms with Crippen LogP contribution in [-0.2, 0) is 20.6 Å². The van der Waals surface area contributed by atoms with Crippen molar-refractivity contribution in [2.45, 2.75) is 56.6 Å². The Labute approximate surface area is 188 Å². The van der Waals surface area contributed by atoms with Gasteiger partial charge in [0, 0.05) is 16.8 Å². The second-order valence-electron chi connectivity index (χ2n) is 9.52. The van der Waals surface area contributed by atoms with Crippen LogP contribution in [0.15, 0.2) is 36.4 Å². The minimum Gasteiger partial charge on any atom is -0.303 e. The van der Waals surface area contributed by atoms with Crippen molar-refractivity contribution in [3.8, 4) is 0 Å². The lowest BCUT2D eigenvalue weighted by molar-refractivity contribution is -0.137. The third kappa shape index (κ3) is 2.71. The van der Waals surface area contributed by atoms with Crippen molar-refractivity contribution < 1.29 is 22.8 Å². The lowest BCUT2D eigenvalue weighted by Crippen LogP contribution is -2.56. The maximum atomic E-state index is 14.1. The molecule has 2 amide bonds. The molecule has 0 radical (unpaired) electrons. The number of alkyl halides is 3. The first-order chi connectivity index (χ1) is 14.9. The van der Waals surface area contributed by atoms with Crippen LogP contribution in [0.5, 0.6) is 0 Å². The fourth-order valence-electron chi connectivity index (χ4n) is 5.56. The summed E-state index contributed by atoms with van der Waals surface area (Å²) in [7, 11) is 0. The number of hydrogen-bond acceptors (Lipinski definition) is 3. The number of halogens is 3. The topological polar surface area (TPSA) is 40.6 Å². The molecule has 2 atom stereocenters. The molecule has 3 heterocycles. The number of thioether (sulfide) groups is 1. The van der Waals surface area contributed by atoms with E-state index in [-0.39, 0.29) is 29.2 Å². The largest absolute Gasteiger partial charge is 0.416 e. The van der Waals surface area contributed by atoms with E-state index >= 15 is 0 Å². The molecule has 3 aliphatic heterocycles. The summed E-state index contributed by atoms with van der Waals surface area (Å²) in [5.41, 5.74) is 2.28. The average molecular weight is 461 g/mol. The molecule has 1 saturated heterocycles. The third-order valence-electron chi connectivity index (χ3n) is 6.71. The van der Waals surface area contributed by atoms with Gasteiger partial charge >= 0.3 is 6.18 Å². The van der Waals surface area contributed by atoms with Gasteiger partial charge in [0.05, 0.1) is 17.0 Å². The first-order valence-electron chi connectivity index (χ1n) is 10.5. The fourth-order valence-corrected chi connectivity index (χ4v) is 6.88. The van der Waals surface area contributed by atoms with Gasteiger partial charge in [-0.25, -0.2) is 0 Å². The summed E-state index contributed by atoms with van der Waals surface area (Å²) in [5.74, 6) is -0.399. The molecule has 3 aliphatic rings. The number of hydrogen-bond donors (Lipinski definition) is 0. The maximum Gasteiger partial charge on any atom is 0.416 e. The molecule has 0 bridgehead atoms. The highest BCUT2D eigenvalue weighted by atomic mass is 32.2. The van der Waals surface area contributed by atoms with Gasteiger partial charge in [-0.1, -0.05) is 30.7 Å². The van der Waals surface area contributed by atoms with Gasteiger partial charge in [0.2, 0.25) is 10.8 Å². The van der Waals surface area contributed by atoms with E-state index in [0.29, 0.717) is 5.56 Å². The number of anilines is 2. The summed E-state index contributed by atoms with van der Waals surface area (Å²) in [6, 6.07) is 8.69. The van der Waals surface area contributed by atoms with E-state index in [1.165, 1.54) is 28.8 Å². The number of fused-ring (bicyclic) bond motifs is 1. The molecule has 2 aromatic carbocycles. The monoisotopic (exact) mass is 460 g/mol. The number of aryl methyl sites for hydroxylation is 1. The van der Waals surface area contributed by atoms with Crippen molar-refractivity contribution in [3.63, 3.8) is 0 Å². The van der Waals surface area contributed by atoms with E-state index in [1.807, 2.05) is 26.8 Å². The molecule has 1 fully saturated rings. The zero-order valence-corrected chi connectivity index (χ0v) is 19.0. The Hall–Kier alpha value is -2.48.